The Morgan fingerprint density at radius 3 is 2.75 bits per heavy atom. The van der Waals surface area contributed by atoms with Crippen LogP contribution in [-0.2, 0) is 0 Å². The third-order valence-corrected chi connectivity index (χ3v) is 5.35. The van der Waals surface area contributed by atoms with Crippen molar-refractivity contribution in [1.29, 1.82) is 0 Å². The van der Waals surface area contributed by atoms with E-state index in [1.165, 1.54) is 6.07 Å². The lowest BCUT2D eigenvalue weighted by Crippen LogP contribution is -2.42. The molecular formula is C20H23BrN4O3. The highest BCUT2D eigenvalue weighted by atomic mass is 79.9. The number of halogens is 1. The lowest BCUT2D eigenvalue weighted by atomic mass is 9.97. The topological polar surface area (TPSA) is 87.5 Å². The van der Waals surface area contributed by atoms with E-state index in [0.29, 0.717) is 23.2 Å². The number of aryl methyl sites for hydroxylation is 1. The molecule has 2 aromatic rings. The number of carbonyl (C=O) groups is 1. The Balaban J connectivity index is 1.57. The van der Waals surface area contributed by atoms with Gasteiger partial charge in [0, 0.05) is 35.9 Å². The van der Waals surface area contributed by atoms with E-state index in [0.717, 1.165) is 30.6 Å². The van der Waals surface area contributed by atoms with Gasteiger partial charge in [0.1, 0.15) is 5.69 Å². The zero-order chi connectivity index (χ0) is 20.1. The van der Waals surface area contributed by atoms with E-state index < -0.39 is 0 Å². The predicted octanol–water partition coefficient (Wildman–Crippen LogP) is 4.70. The van der Waals surface area contributed by atoms with E-state index >= 15 is 0 Å². The molecule has 2 N–H and O–H groups in total. The van der Waals surface area contributed by atoms with Gasteiger partial charge in [-0.1, -0.05) is 33.6 Å². The van der Waals surface area contributed by atoms with Gasteiger partial charge in [-0.15, -0.1) is 0 Å². The molecule has 0 spiro atoms. The van der Waals surface area contributed by atoms with Gasteiger partial charge < -0.3 is 15.5 Å². The van der Waals surface area contributed by atoms with Crippen molar-refractivity contribution in [3.8, 4) is 0 Å². The van der Waals surface area contributed by atoms with Gasteiger partial charge in [-0.2, -0.15) is 0 Å². The molecular weight excluding hydrogens is 424 g/mol. The first-order valence-electron chi connectivity index (χ1n) is 9.23. The molecule has 148 valence electrons. The lowest BCUT2D eigenvalue weighted by molar-refractivity contribution is -0.384. The van der Waals surface area contributed by atoms with Gasteiger partial charge >= 0.3 is 6.03 Å². The highest BCUT2D eigenvalue weighted by Gasteiger charge is 2.26. The summed E-state index contributed by atoms with van der Waals surface area (Å²) in [4.78, 5) is 25.2. The van der Waals surface area contributed by atoms with Gasteiger partial charge in [0.15, 0.2) is 0 Å². The molecule has 1 atom stereocenters. The molecule has 7 nitrogen and oxygen atoms in total. The average molecular weight is 447 g/mol. The van der Waals surface area contributed by atoms with E-state index in [1.54, 1.807) is 6.07 Å². The van der Waals surface area contributed by atoms with Gasteiger partial charge in [0.2, 0.25) is 0 Å². The van der Waals surface area contributed by atoms with Crippen molar-refractivity contribution < 1.29 is 9.72 Å². The van der Waals surface area contributed by atoms with Crippen LogP contribution in [0.2, 0.25) is 0 Å². The van der Waals surface area contributed by atoms with Crippen LogP contribution in [0.5, 0.6) is 0 Å². The van der Waals surface area contributed by atoms with Gasteiger partial charge in [-0.3, -0.25) is 10.1 Å². The molecule has 0 bridgehead atoms. The van der Waals surface area contributed by atoms with Crippen LogP contribution in [0.4, 0.5) is 21.9 Å². The van der Waals surface area contributed by atoms with Crippen LogP contribution < -0.4 is 15.5 Å². The molecule has 8 heteroatoms. The number of nitrogens with one attached hydrogen (secondary N) is 2. The van der Waals surface area contributed by atoms with Gasteiger partial charge in [0.25, 0.3) is 5.69 Å². The summed E-state index contributed by atoms with van der Waals surface area (Å²) in [6.07, 6.45) is 1.91. The second-order valence-corrected chi connectivity index (χ2v) is 7.96. The van der Waals surface area contributed by atoms with Crippen molar-refractivity contribution in [2.75, 3.05) is 29.9 Å². The number of hydrogen-bond acceptors (Lipinski definition) is 4. The van der Waals surface area contributed by atoms with Crippen molar-refractivity contribution in [2.45, 2.75) is 19.8 Å². The number of amides is 2. The van der Waals surface area contributed by atoms with E-state index in [9.17, 15) is 14.9 Å². The fraction of sp³-hybridized carbons (Fsp3) is 0.350. The van der Waals surface area contributed by atoms with Gasteiger partial charge in [-0.25, -0.2) is 4.79 Å². The van der Waals surface area contributed by atoms with Crippen molar-refractivity contribution in [3.63, 3.8) is 0 Å². The van der Waals surface area contributed by atoms with Crippen LogP contribution in [0.1, 0.15) is 18.4 Å². The highest BCUT2D eigenvalue weighted by molar-refractivity contribution is 9.10. The maximum absolute atomic E-state index is 12.1. The first-order chi connectivity index (χ1) is 13.4. The number of nitrogens with zero attached hydrogens (tertiary/aromatic N) is 2. The normalized spacial score (nSPS) is 16.5. The number of hydrogen-bond donors (Lipinski definition) is 2. The fourth-order valence-corrected chi connectivity index (χ4v) is 3.76. The molecule has 1 saturated heterocycles. The third-order valence-electron chi connectivity index (χ3n) is 4.85. The number of piperidine rings is 1. The molecule has 1 heterocycles. The number of urea groups is 1. The molecule has 28 heavy (non-hydrogen) atoms. The maximum atomic E-state index is 12.1. The SMILES string of the molecule is Cc1ccc(NC(=O)NCC2CCCN(c3ccc(Br)cc3[N+](=O)[O-])C2)cc1. The number of anilines is 2. The zero-order valence-electron chi connectivity index (χ0n) is 15.7. The Morgan fingerprint density at radius 2 is 2.04 bits per heavy atom. The van der Waals surface area contributed by atoms with Crippen molar-refractivity contribution in [2.24, 2.45) is 5.92 Å². The Labute approximate surface area is 172 Å². The summed E-state index contributed by atoms with van der Waals surface area (Å²) in [6.45, 7) is 3.97. The summed E-state index contributed by atoms with van der Waals surface area (Å²) >= 11 is 3.29. The number of nitro groups is 1. The number of nitro benzene ring substituents is 1. The molecule has 2 aromatic carbocycles. The van der Waals surface area contributed by atoms with Crippen molar-refractivity contribution in [1.82, 2.24) is 5.32 Å². The average Bonchev–Trinajstić information content (AvgIpc) is 2.68. The van der Waals surface area contributed by atoms with Gasteiger partial charge in [-0.05, 0) is 49.9 Å². The molecule has 1 unspecified atom stereocenters. The Bertz CT molecular complexity index is 857. The highest BCUT2D eigenvalue weighted by Crippen LogP contribution is 2.33. The second-order valence-electron chi connectivity index (χ2n) is 7.05. The van der Waals surface area contributed by atoms with E-state index in [1.807, 2.05) is 42.2 Å². The van der Waals surface area contributed by atoms with Crippen LogP contribution in [0, 0.1) is 23.0 Å². The van der Waals surface area contributed by atoms with Crippen LogP contribution >= 0.6 is 15.9 Å². The van der Waals surface area contributed by atoms with E-state index in [2.05, 4.69) is 26.6 Å². The predicted molar refractivity (Wildman–Crippen MR) is 114 cm³/mol. The molecule has 1 aliphatic rings. The summed E-state index contributed by atoms with van der Waals surface area (Å²) in [6, 6.07) is 12.5. The largest absolute Gasteiger partial charge is 0.366 e. The smallest absolute Gasteiger partial charge is 0.319 e. The van der Waals surface area contributed by atoms with Crippen LogP contribution in [0.25, 0.3) is 0 Å². The van der Waals surface area contributed by atoms with Crippen molar-refractivity contribution in [3.05, 3.63) is 62.6 Å². The quantitative estimate of drug-likeness (QED) is 0.514. The second kappa shape index (κ2) is 9.05. The number of rotatable bonds is 5. The number of benzene rings is 2. The van der Waals surface area contributed by atoms with E-state index in [-0.39, 0.29) is 22.6 Å². The maximum Gasteiger partial charge on any atom is 0.319 e. The minimum absolute atomic E-state index is 0.0973. The summed E-state index contributed by atoms with van der Waals surface area (Å²) in [5.41, 5.74) is 2.61. The molecule has 1 fully saturated rings. The van der Waals surface area contributed by atoms with E-state index in [4.69, 9.17) is 0 Å². The lowest BCUT2D eigenvalue weighted by Gasteiger charge is -2.34. The Hall–Kier alpha value is -2.61. The minimum Gasteiger partial charge on any atom is -0.366 e. The fourth-order valence-electron chi connectivity index (χ4n) is 3.41. The minimum atomic E-state index is -0.350. The molecule has 0 aliphatic carbocycles. The first-order valence-corrected chi connectivity index (χ1v) is 10.0. The zero-order valence-corrected chi connectivity index (χ0v) is 17.2. The molecule has 0 saturated carbocycles. The van der Waals surface area contributed by atoms with Crippen LogP contribution in [0.3, 0.4) is 0 Å². The summed E-state index contributed by atoms with van der Waals surface area (Å²) in [7, 11) is 0. The first kappa shape index (κ1) is 20.1. The summed E-state index contributed by atoms with van der Waals surface area (Å²) in [5, 5.41) is 17.1. The standard InChI is InChI=1S/C20H23BrN4O3/c1-14-4-7-17(8-5-14)23-20(26)22-12-15-3-2-10-24(13-15)18-9-6-16(21)11-19(18)25(27)28/h4-9,11,15H,2-3,10,12-13H2,1H3,(H2,22,23,26). The Morgan fingerprint density at radius 1 is 1.29 bits per heavy atom. The van der Waals surface area contributed by atoms with Crippen LogP contribution in [-0.4, -0.2) is 30.6 Å². The summed E-state index contributed by atoms with van der Waals surface area (Å²) < 4.78 is 0.686. The number of carbonyl (C=O) groups excluding carboxylic acids is 1. The molecule has 0 radical (unpaired) electrons. The van der Waals surface area contributed by atoms with Crippen molar-refractivity contribution >= 4 is 39.0 Å². The third kappa shape index (κ3) is 5.22. The Kier molecular flexibility index (Phi) is 6.51. The molecule has 2 amide bonds. The summed E-state index contributed by atoms with van der Waals surface area (Å²) in [5.74, 6) is 0.237. The van der Waals surface area contributed by atoms with Gasteiger partial charge in [0.05, 0.1) is 4.92 Å². The van der Waals surface area contributed by atoms with Crippen LogP contribution in [0.15, 0.2) is 46.9 Å². The molecule has 1 aliphatic heterocycles. The molecule has 0 aromatic heterocycles. The monoisotopic (exact) mass is 446 g/mol. The molecule has 3 rings (SSSR count).